The van der Waals surface area contributed by atoms with Gasteiger partial charge in [-0.15, -0.1) is 0 Å². The van der Waals surface area contributed by atoms with Crippen molar-refractivity contribution in [2.45, 2.75) is 19.4 Å². The predicted octanol–water partition coefficient (Wildman–Crippen LogP) is 3.73. The van der Waals surface area contributed by atoms with Gasteiger partial charge in [0.1, 0.15) is 11.5 Å². The number of methoxy groups -OCH3 is 1. The number of carboxylic acids is 1. The zero-order valence-electron chi connectivity index (χ0n) is 12.4. The summed E-state index contributed by atoms with van der Waals surface area (Å²) < 4.78 is 10.7. The van der Waals surface area contributed by atoms with E-state index in [9.17, 15) is 9.90 Å². The van der Waals surface area contributed by atoms with Gasteiger partial charge in [-0.3, -0.25) is 0 Å². The maximum atomic E-state index is 11.5. The van der Waals surface area contributed by atoms with Crippen molar-refractivity contribution in [1.82, 2.24) is 0 Å². The van der Waals surface area contributed by atoms with Gasteiger partial charge in [0.2, 0.25) is 0 Å². The Balaban J connectivity index is 2.17. The van der Waals surface area contributed by atoms with Crippen molar-refractivity contribution in [1.29, 1.82) is 0 Å². The van der Waals surface area contributed by atoms with Crippen LogP contribution in [0.3, 0.4) is 0 Å². The molecular formula is C17H17ClO4. The van der Waals surface area contributed by atoms with E-state index in [1.165, 1.54) is 0 Å². The van der Waals surface area contributed by atoms with Crippen LogP contribution < -0.4 is 9.47 Å². The van der Waals surface area contributed by atoms with E-state index in [0.29, 0.717) is 16.5 Å². The van der Waals surface area contributed by atoms with E-state index in [0.717, 1.165) is 11.1 Å². The molecular weight excluding hydrogens is 304 g/mol. The summed E-state index contributed by atoms with van der Waals surface area (Å²) in [6.07, 6.45) is -0.720. The Morgan fingerprint density at radius 2 is 1.95 bits per heavy atom. The Hall–Kier alpha value is -2.20. The maximum absolute atomic E-state index is 11.5. The van der Waals surface area contributed by atoms with Gasteiger partial charge in [-0.2, -0.15) is 0 Å². The second kappa shape index (κ2) is 7.18. The van der Waals surface area contributed by atoms with Crippen molar-refractivity contribution in [2.75, 3.05) is 7.11 Å². The first kappa shape index (κ1) is 16.2. The third-order valence-electron chi connectivity index (χ3n) is 3.30. The number of carbonyl (C=O) groups is 1. The van der Waals surface area contributed by atoms with Gasteiger partial charge in [-0.1, -0.05) is 23.7 Å². The van der Waals surface area contributed by atoms with Gasteiger partial charge in [0, 0.05) is 17.5 Å². The molecule has 1 atom stereocenters. The number of halogens is 1. The number of carboxylic acid groups (broad SMARTS) is 1. The normalized spacial score (nSPS) is 11.8. The number of aryl methyl sites for hydroxylation is 1. The Labute approximate surface area is 134 Å². The summed E-state index contributed by atoms with van der Waals surface area (Å²) in [4.78, 5) is 11.5. The van der Waals surface area contributed by atoms with Crippen molar-refractivity contribution in [3.05, 3.63) is 58.6 Å². The lowest BCUT2D eigenvalue weighted by molar-refractivity contribution is -0.145. The molecule has 2 aromatic carbocycles. The molecule has 22 heavy (non-hydrogen) atoms. The van der Waals surface area contributed by atoms with E-state index in [1.54, 1.807) is 43.5 Å². The smallest absolute Gasteiger partial charge is 0.345 e. The number of hydrogen-bond donors (Lipinski definition) is 1. The van der Waals surface area contributed by atoms with Crippen LogP contribution in [0.25, 0.3) is 0 Å². The molecule has 0 saturated carbocycles. The molecule has 0 aliphatic heterocycles. The fourth-order valence-electron chi connectivity index (χ4n) is 2.11. The topological polar surface area (TPSA) is 55.8 Å². The van der Waals surface area contributed by atoms with Gasteiger partial charge in [-0.25, -0.2) is 4.79 Å². The molecule has 0 aliphatic rings. The minimum atomic E-state index is -1.02. The van der Waals surface area contributed by atoms with Crippen LogP contribution in [-0.4, -0.2) is 24.3 Å². The summed E-state index contributed by atoms with van der Waals surface area (Å²) in [5, 5.41) is 10.0. The molecule has 1 N–H and O–H groups in total. The van der Waals surface area contributed by atoms with Gasteiger partial charge in [0.25, 0.3) is 0 Å². The van der Waals surface area contributed by atoms with Crippen LogP contribution in [0, 0.1) is 6.92 Å². The first-order chi connectivity index (χ1) is 10.5. The number of hydrogen-bond acceptors (Lipinski definition) is 3. The number of ether oxygens (including phenoxy) is 2. The molecule has 0 bridgehead atoms. The molecule has 0 fully saturated rings. The summed E-state index contributed by atoms with van der Waals surface area (Å²) in [6.45, 7) is 1.89. The zero-order chi connectivity index (χ0) is 16.1. The highest BCUT2D eigenvalue weighted by molar-refractivity contribution is 6.30. The molecule has 0 spiro atoms. The van der Waals surface area contributed by atoms with E-state index < -0.39 is 12.1 Å². The van der Waals surface area contributed by atoms with Crippen LogP contribution in [-0.2, 0) is 11.2 Å². The molecule has 0 aromatic heterocycles. The average Bonchev–Trinajstić information content (AvgIpc) is 2.49. The van der Waals surface area contributed by atoms with E-state index in [1.807, 2.05) is 13.0 Å². The lowest BCUT2D eigenvalue weighted by Gasteiger charge is -2.17. The molecule has 0 saturated heterocycles. The van der Waals surface area contributed by atoms with Crippen LogP contribution in [0.1, 0.15) is 11.1 Å². The molecule has 0 amide bonds. The van der Waals surface area contributed by atoms with Gasteiger partial charge < -0.3 is 14.6 Å². The molecule has 4 nitrogen and oxygen atoms in total. The summed E-state index contributed by atoms with van der Waals surface area (Å²) in [6, 6.07) is 12.3. The number of aliphatic carboxylic acids is 1. The molecule has 0 aliphatic carbocycles. The third kappa shape index (κ3) is 4.15. The highest BCUT2D eigenvalue weighted by atomic mass is 35.5. The fourth-order valence-corrected chi connectivity index (χ4v) is 2.33. The van der Waals surface area contributed by atoms with E-state index in [2.05, 4.69) is 0 Å². The van der Waals surface area contributed by atoms with Crippen molar-refractivity contribution >= 4 is 17.6 Å². The van der Waals surface area contributed by atoms with Gasteiger partial charge in [0.15, 0.2) is 6.10 Å². The minimum Gasteiger partial charge on any atom is -0.497 e. The first-order valence-corrected chi connectivity index (χ1v) is 7.16. The summed E-state index contributed by atoms with van der Waals surface area (Å²) in [5.74, 6) is 0.0554. The SMILES string of the molecule is COc1cccc(OC(Cc2ccc(Cl)cc2C)C(=O)O)c1. The second-order valence-electron chi connectivity index (χ2n) is 4.90. The van der Waals surface area contributed by atoms with Gasteiger partial charge >= 0.3 is 5.97 Å². The Morgan fingerprint density at radius 1 is 1.23 bits per heavy atom. The van der Waals surface area contributed by atoms with Crippen molar-refractivity contribution in [3.63, 3.8) is 0 Å². The summed E-state index contributed by atoms with van der Waals surface area (Å²) in [5.41, 5.74) is 1.83. The highest BCUT2D eigenvalue weighted by Crippen LogP contribution is 2.22. The number of benzene rings is 2. The van der Waals surface area contributed by atoms with Crippen molar-refractivity contribution < 1.29 is 19.4 Å². The lowest BCUT2D eigenvalue weighted by Crippen LogP contribution is -2.29. The Bertz CT molecular complexity index is 669. The standard InChI is InChI=1S/C17H17ClO4/c1-11-8-13(18)7-6-12(11)9-16(17(19)20)22-15-5-3-4-14(10-15)21-2/h3-8,10,16H,9H2,1-2H3,(H,19,20). The molecule has 2 aromatic rings. The number of rotatable bonds is 6. The highest BCUT2D eigenvalue weighted by Gasteiger charge is 2.21. The zero-order valence-corrected chi connectivity index (χ0v) is 13.1. The van der Waals surface area contributed by atoms with Crippen LogP contribution in [0.4, 0.5) is 0 Å². The molecule has 1 unspecified atom stereocenters. The quantitative estimate of drug-likeness (QED) is 0.881. The van der Waals surface area contributed by atoms with Crippen LogP contribution in [0.2, 0.25) is 5.02 Å². The molecule has 0 heterocycles. The third-order valence-corrected chi connectivity index (χ3v) is 3.54. The van der Waals surface area contributed by atoms with Crippen LogP contribution in [0.5, 0.6) is 11.5 Å². The van der Waals surface area contributed by atoms with E-state index in [-0.39, 0.29) is 6.42 Å². The minimum absolute atomic E-state index is 0.259. The van der Waals surface area contributed by atoms with Gasteiger partial charge in [0.05, 0.1) is 7.11 Å². The fraction of sp³-hybridized carbons (Fsp3) is 0.235. The molecule has 2 rings (SSSR count). The monoisotopic (exact) mass is 320 g/mol. The Morgan fingerprint density at radius 3 is 2.59 bits per heavy atom. The second-order valence-corrected chi connectivity index (χ2v) is 5.34. The van der Waals surface area contributed by atoms with Crippen LogP contribution >= 0.6 is 11.6 Å². The largest absolute Gasteiger partial charge is 0.497 e. The average molecular weight is 321 g/mol. The molecule has 116 valence electrons. The Kier molecular flexibility index (Phi) is 5.28. The summed E-state index contributed by atoms with van der Waals surface area (Å²) >= 11 is 5.92. The van der Waals surface area contributed by atoms with E-state index in [4.69, 9.17) is 21.1 Å². The van der Waals surface area contributed by atoms with Gasteiger partial charge in [-0.05, 0) is 42.3 Å². The van der Waals surface area contributed by atoms with Crippen molar-refractivity contribution in [3.8, 4) is 11.5 Å². The molecule has 5 heteroatoms. The van der Waals surface area contributed by atoms with Crippen LogP contribution in [0.15, 0.2) is 42.5 Å². The maximum Gasteiger partial charge on any atom is 0.345 e. The summed E-state index contributed by atoms with van der Waals surface area (Å²) in [7, 11) is 1.55. The van der Waals surface area contributed by atoms with Crippen molar-refractivity contribution in [2.24, 2.45) is 0 Å². The first-order valence-electron chi connectivity index (χ1n) is 6.78. The van der Waals surface area contributed by atoms with E-state index >= 15 is 0 Å². The lowest BCUT2D eigenvalue weighted by atomic mass is 10.0. The molecule has 0 radical (unpaired) electrons. The predicted molar refractivity (Wildman–Crippen MR) is 84.9 cm³/mol.